The molecule has 0 bridgehead atoms. The second kappa shape index (κ2) is 9.88. The van der Waals surface area contributed by atoms with Crippen LogP contribution < -0.4 is 15.4 Å². The van der Waals surface area contributed by atoms with E-state index in [1.54, 1.807) is 12.1 Å². The average Bonchev–Trinajstić information content (AvgIpc) is 3.39. The van der Waals surface area contributed by atoms with Crippen molar-refractivity contribution in [3.63, 3.8) is 0 Å². The number of nitrogens with zero attached hydrogens (tertiary/aromatic N) is 3. The fourth-order valence-electron chi connectivity index (χ4n) is 5.14. The highest BCUT2D eigenvalue weighted by molar-refractivity contribution is 7.91. The lowest BCUT2D eigenvalue weighted by atomic mass is 9.89. The lowest BCUT2D eigenvalue weighted by Crippen LogP contribution is -2.52. The van der Waals surface area contributed by atoms with Crippen LogP contribution in [0.2, 0.25) is 0 Å². The van der Waals surface area contributed by atoms with Crippen LogP contribution >= 0.6 is 0 Å². The lowest BCUT2D eigenvalue weighted by Gasteiger charge is -2.36. The molecule has 2 heterocycles. The first-order valence-corrected chi connectivity index (χ1v) is 14.2. The van der Waals surface area contributed by atoms with Gasteiger partial charge >= 0.3 is 6.18 Å². The van der Waals surface area contributed by atoms with Crippen LogP contribution in [0.15, 0.2) is 36.4 Å². The number of rotatable bonds is 6. The maximum Gasteiger partial charge on any atom is 0.422 e. The van der Waals surface area contributed by atoms with E-state index in [2.05, 4.69) is 15.7 Å². The van der Waals surface area contributed by atoms with E-state index in [-0.39, 0.29) is 40.5 Å². The number of sulfone groups is 1. The van der Waals surface area contributed by atoms with Gasteiger partial charge in [-0.25, -0.2) is 12.8 Å². The van der Waals surface area contributed by atoms with Crippen molar-refractivity contribution >= 4 is 27.3 Å². The topological polar surface area (TPSA) is 143 Å². The third kappa shape index (κ3) is 5.60. The number of aromatic nitrogens is 2. The molecule has 1 aliphatic carbocycles. The minimum Gasteiger partial charge on any atom is -0.484 e. The molecule has 5 rings (SSSR count). The SMILES string of the molecule is CS(=O)(=O)CC(=O)Nc1c(-c2ccc(C#N)c(F)c2)nn2c1C(=O)N[C@@]1(CCc3cc(OCC(F)(F)F)ccc31)C2. The summed E-state index contributed by atoms with van der Waals surface area (Å²) in [6, 6.07) is 9.74. The Bertz CT molecular complexity index is 1750. The predicted octanol–water partition coefficient (Wildman–Crippen LogP) is 3.07. The summed E-state index contributed by atoms with van der Waals surface area (Å²) in [5, 5.41) is 18.9. The van der Waals surface area contributed by atoms with Crippen molar-refractivity contribution in [3.8, 4) is 23.1 Å². The zero-order valence-corrected chi connectivity index (χ0v) is 22.1. The van der Waals surface area contributed by atoms with Crippen LogP contribution in [0.4, 0.5) is 23.2 Å². The molecular formula is C26H21F4N5O5S. The molecule has 0 saturated carbocycles. The summed E-state index contributed by atoms with van der Waals surface area (Å²) in [4.78, 5) is 26.1. The number of fused-ring (bicyclic) bond motifs is 3. The van der Waals surface area contributed by atoms with Gasteiger partial charge in [0, 0.05) is 11.8 Å². The molecule has 0 unspecified atom stereocenters. The van der Waals surface area contributed by atoms with Crippen molar-refractivity contribution in [1.29, 1.82) is 5.26 Å². The van der Waals surface area contributed by atoms with Crippen LogP contribution in [0.1, 0.15) is 33.6 Å². The van der Waals surface area contributed by atoms with Crippen molar-refractivity contribution in [1.82, 2.24) is 15.1 Å². The first kappa shape index (κ1) is 28.1. The minimum absolute atomic E-state index is 0.0217. The minimum atomic E-state index is -4.50. The molecule has 2 N–H and O–H groups in total. The van der Waals surface area contributed by atoms with Crippen molar-refractivity contribution in [2.45, 2.75) is 31.1 Å². The van der Waals surface area contributed by atoms with Crippen molar-refractivity contribution in [3.05, 3.63) is 64.6 Å². The van der Waals surface area contributed by atoms with Crippen molar-refractivity contribution in [2.75, 3.05) is 23.9 Å². The fraction of sp³-hybridized carbons (Fsp3) is 0.308. The maximum absolute atomic E-state index is 14.5. The van der Waals surface area contributed by atoms with E-state index in [0.717, 1.165) is 12.3 Å². The number of hydrogen-bond acceptors (Lipinski definition) is 7. The largest absolute Gasteiger partial charge is 0.484 e. The van der Waals surface area contributed by atoms with Gasteiger partial charge in [0.2, 0.25) is 5.91 Å². The molecule has 15 heteroatoms. The second-order valence-electron chi connectivity index (χ2n) is 9.91. The summed E-state index contributed by atoms with van der Waals surface area (Å²) in [6.07, 6.45) is -2.84. The van der Waals surface area contributed by atoms with Crippen LogP contribution in [-0.4, -0.2) is 54.8 Å². The van der Waals surface area contributed by atoms with Gasteiger partial charge in [0.05, 0.1) is 17.6 Å². The molecule has 1 atom stereocenters. The third-order valence-electron chi connectivity index (χ3n) is 6.78. The number of nitriles is 1. The number of alkyl halides is 3. The number of carbonyl (C=O) groups excluding carboxylic acids is 2. The molecule has 214 valence electrons. The van der Waals surface area contributed by atoms with Crippen molar-refractivity contribution in [2.24, 2.45) is 0 Å². The highest BCUT2D eigenvalue weighted by Crippen LogP contribution is 2.44. The molecule has 1 aliphatic heterocycles. The molecule has 1 aromatic heterocycles. The molecule has 0 fully saturated rings. The number of anilines is 1. The first-order valence-electron chi connectivity index (χ1n) is 12.1. The predicted molar refractivity (Wildman–Crippen MR) is 136 cm³/mol. The summed E-state index contributed by atoms with van der Waals surface area (Å²) in [6.45, 7) is -1.39. The van der Waals surface area contributed by atoms with E-state index < -0.39 is 51.5 Å². The summed E-state index contributed by atoms with van der Waals surface area (Å²) < 4.78 is 81.8. The van der Waals surface area contributed by atoms with E-state index in [9.17, 15) is 35.6 Å². The number of ether oxygens (including phenoxy) is 1. The molecule has 10 nitrogen and oxygen atoms in total. The number of benzene rings is 2. The molecule has 41 heavy (non-hydrogen) atoms. The highest BCUT2D eigenvalue weighted by atomic mass is 32.2. The average molecular weight is 592 g/mol. The normalized spacial score (nSPS) is 17.9. The molecule has 0 saturated heterocycles. The quantitative estimate of drug-likeness (QED) is 0.420. The summed E-state index contributed by atoms with van der Waals surface area (Å²) in [5.74, 6) is -3.32. The van der Waals surface area contributed by atoms with Gasteiger partial charge in [-0.2, -0.15) is 23.5 Å². The maximum atomic E-state index is 14.5. The standard InChI is InChI=1S/C26H21F4N5O5S/c1-41(38,39)11-20(36)32-22-21(15-2-3-16(10-31)19(27)9-15)34-35-12-25(33-24(37)23(22)35)7-6-14-8-17(4-5-18(14)25)40-13-26(28,29)30/h2-5,8-9H,6-7,11-13H2,1H3,(H,32,36)(H,33,37)/t25-/m0/s1. The first-order chi connectivity index (χ1) is 19.2. The molecule has 3 aromatic rings. The van der Waals surface area contributed by atoms with E-state index in [1.807, 2.05) is 0 Å². The zero-order valence-electron chi connectivity index (χ0n) is 21.3. The van der Waals surface area contributed by atoms with Gasteiger partial charge in [-0.15, -0.1) is 0 Å². The van der Waals surface area contributed by atoms with Gasteiger partial charge < -0.3 is 15.4 Å². The smallest absolute Gasteiger partial charge is 0.422 e. The molecular weight excluding hydrogens is 570 g/mol. The summed E-state index contributed by atoms with van der Waals surface area (Å²) >= 11 is 0. The molecule has 2 aliphatic rings. The Labute approximate surface area is 230 Å². The van der Waals surface area contributed by atoms with Gasteiger partial charge in [-0.1, -0.05) is 12.1 Å². The number of amides is 2. The zero-order chi connectivity index (χ0) is 29.7. The van der Waals surface area contributed by atoms with Crippen molar-refractivity contribution < 1.29 is 40.3 Å². The van der Waals surface area contributed by atoms with Crippen LogP contribution in [-0.2, 0) is 33.1 Å². The molecule has 2 amide bonds. The number of carbonyl (C=O) groups is 2. The van der Waals surface area contributed by atoms with Crippen LogP contribution in [0.3, 0.4) is 0 Å². The lowest BCUT2D eigenvalue weighted by molar-refractivity contribution is -0.153. The van der Waals surface area contributed by atoms with Gasteiger partial charge in [0.25, 0.3) is 5.91 Å². The fourth-order valence-corrected chi connectivity index (χ4v) is 5.69. The Morgan fingerprint density at radius 2 is 2.02 bits per heavy atom. The molecule has 2 aromatic carbocycles. The Hall–Kier alpha value is -4.45. The van der Waals surface area contributed by atoms with Gasteiger partial charge in [-0.05, 0) is 48.2 Å². The number of nitrogens with one attached hydrogen (secondary N) is 2. The van der Waals surface area contributed by atoms with Gasteiger partial charge in [-0.3, -0.25) is 14.3 Å². The van der Waals surface area contributed by atoms with Gasteiger partial charge in [0.15, 0.2) is 22.1 Å². The van der Waals surface area contributed by atoms with Gasteiger partial charge in [0.1, 0.15) is 34.8 Å². The Morgan fingerprint density at radius 1 is 1.27 bits per heavy atom. The van der Waals surface area contributed by atoms with E-state index in [1.165, 1.54) is 28.9 Å². The summed E-state index contributed by atoms with van der Waals surface area (Å²) in [7, 11) is -3.73. The van der Waals surface area contributed by atoms with E-state index >= 15 is 0 Å². The molecule has 1 spiro atoms. The Morgan fingerprint density at radius 3 is 2.68 bits per heavy atom. The Balaban J connectivity index is 1.55. The van der Waals surface area contributed by atoms with Crippen LogP contribution in [0.25, 0.3) is 11.3 Å². The highest BCUT2D eigenvalue weighted by Gasteiger charge is 2.46. The van der Waals surface area contributed by atoms with E-state index in [4.69, 9.17) is 10.00 Å². The number of hydrogen-bond donors (Lipinski definition) is 2. The van der Waals surface area contributed by atoms with Crippen LogP contribution in [0.5, 0.6) is 5.75 Å². The van der Waals surface area contributed by atoms with E-state index in [0.29, 0.717) is 24.0 Å². The number of aryl methyl sites for hydroxylation is 1. The second-order valence-corrected chi connectivity index (χ2v) is 12.1. The third-order valence-corrected chi connectivity index (χ3v) is 7.56. The van der Waals surface area contributed by atoms with Crippen LogP contribution in [0, 0.1) is 17.1 Å². The number of halogens is 4. The molecule has 0 radical (unpaired) electrons. The Kier molecular flexibility index (Phi) is 6.77. The monoisotopic (exact) mass is 591 g/mol. The summed E-state index contributed by atoms with van der Waals surface area (Å²) in [5.41, 5.74) is -0.0328.